The molecular weight excluding hydrogens is 387 g/mol. The number of ether oxygens (including phenoxy) is 1. The van der Waals surface area contributed by atoms with Crippen LogP contribution in [0.15, 0.2) is 66.9 Å². The van der Waals surface area contributed by atoms with Crippen molar-refractivity contribution in [3.8, 4) is 23.1 Å². The topological polar surface area (TPSA) is 22.1 Å². The third kappa shape index (κ3) is 3.91. The molecule has 0 aliphatic heterocycles. The van der Waals surface area contributed by atoms with Crippen LogP contribution in [0.1, 0.15) is 16.7 Å². The van der Waals surface area contributed by atoms with Gasteiger partial charge in [0.25, 0.3) is 0 Å². The minimum atomic E-state index is -1.48. The number of halogens is 3. The van der Waals surface area contributed by atoms with Crippen LogP contribution in [-0.2, 0) is 11.3 Å². The van der Waals surface area contributed by atoms with Crippen LogP contribution in [0.4, 0.5) is 13.2 Å². The van der Waals surface area contributed by atoms with E-state index in [0.29, 0.717) is 12.2 Å². The maximum absolute atomic E-state index is 14.0. The highest BCUT2D eigenvalue weighted by Gasteiger charge is 2.14. The Morgan fingerprint density at radius 2 is 1.67 bits per heavy atom. The SMILES string of the molecule is COCc1ccc(-c2ccc(C#Cc3cccc4c(F)c(F)c(F)cc34)cc2)nc1. The van der Waals surface area contributed by atoms with Gasteiger partial charge in [0.1, 0.15) is 0 Å². The molecule has 2 nitrogen and oxygen atoms in total. The molecule has 0 saturated heterocycles. The van der Waals surface area contributed by atoms with Crippen molar-refractivity contribution in [3.05, 3.63) is 101 Å². The Hall–Kier alpha value is -3.62. The summed E-state index contributed by atoms with van der Waals surface area (Å²) >= 11 is 0. The van der Waals surface area contributed by atoms with Gasteiger partial charge in [-0.2, -0.15) is 0 Å². The van der Waals surface area contributed by atoms with Gasteiger partial charge >= 0.3 is 0 Å². The van der Waals surface area contributed by atoms with Crippen molar-refractivity contribution in [2.24, 2.45) is 0 Å². The maximum Gasteiger partial charge on any atom is 0.195 e. The lowest BCUT2D eigenvalue weighted by Crippen LogP contribution is -1.93. The zero-order valence-corrected chi connectivity index (χ0v) is 16.0. The molecule has 0 aliphatic rings. The molecule has 0 bridgehead atoms. The monoisotopic (exact) mass is 403 g/mol. The first-order chi connectivity index (χ1) is 14.6. The van der Waals surface area contributed by atoms with Crippen molar-refractivity contribution in [1.82, 2.24) is 4.98 Å². The number of hydrogen-bond donors (Lipinski definition) is 0. The van der Waals surface area contributed by atoms with Crippen molar-refractivity contribution in [2.45, 2.75) is 6.61 Å². The summed E-state index contributed by atoms with van der Waals surface area (Å²) in [5, 5.41) is 0.234. The third-order valence-electron chi connectivity index (χ3n) is 4.67. The van der Waals surface area contributed by atoms with Gasteiger partial charge in [0.15, 0.2) is 17.5 Å². The average molecular weight is 403 g/mol. The molecule has 0 amide bonds. The highest BCUT2D eigenvalue weighted by Crippen LogP contribution is 2.25. The number of benzene rings is 3. The molecule has 5 heteroatoms. The number of nitrogens with zero attached hydrogens (tertiary/aromatic N) is 1. The summed E-state index contributed by atoms with van der Waals surface area (Å²) < 4.78 is 46.2. The molecule has 0 radical (unpaired) electrons. The number of rotatable bonds is 3. The molecule has 0 spiro atoms. The first-order valence-corrected chi connectivity index (χ1v) is 9.19. The standard InChI is InChI=1S/C25H16F3NO/c1-30-15-17-8-12-23(29-14-17)19-10-6-16(7-11-19)5-9-18-3-2-4-20-21(18)13-22(26)25(28)24(20)27/h2-4,6-8,10-14H,15H2,1H3. The third-order valence-corrected chi connectivity index (χ3v) is 4.67. The van der Waals surface area contributed by atoms with Crippen molar-refractivity contribution in [1.29, 1.82) is 0 Å². The zero-order valence-electron chi connectivity index (χ0n) is 16.0. The van der Waals surface area contributed by atoms with Crippen LogP contribution < -0.4 is 0 Å². The predicted molar refractivity (Wildman–Crippen MR) is 110 cm³/mol. The first-order valence-electron chi connectivity index (χ1n) is 9.19. The predicted octanol–water partition coefficient (Wildman–Crippen LogP) is 5.87. The van der Waals surface area contributed by atoms with Crippen molar-refractivity contribution in [3.63, 3.8) is 0 Å². The van der Waals surface area contributed by atoms with Gasteiger partial charge in [0.05, 0.1) is 12.3 Å². The lowest BCUT2D eigenvalue weighted by molar-refractivity contribution is 0.184. The molecule has 0 atom stereocenters. The van der Waals surface area contributed by atoms with Gasteiger partial charge in [-0.3, -0.25) is 4.98 Å². The Balaban J connectivity index is 1.62. The number of pyridine rings is 1. The van der Waals surface area contributed by atoms with Crippen LogP contribution in [-0.4, -0.2) is 12.1 Å². The Morgan fingerprint density at radius 1 is 0.867 bits per heavy atom. The van der Waals surface area contributed by atoms with Gasteiger partial charge in [-0.05, 0) is 35.9 Å². The highest BCUT2D eigenvalue weighted by atomic mass is 19.2. The largest absolute Gasteiger partial charge is 0.380 e. The van der Waals surface area contributed by atoms with Gasteiger partial charge in [0.2, 0.25) is 0 Å². The fourth-order valence-corrected chi connectivity index (χ4v) is 3.15. The molecule has 4 aromatic rings. The highest BCUT2D eigenvalue weighted by molar-refractivity contribution is 5.89. The second-order valence-corrected chi connectivity index (χ2v) is 6.70. The molecule has 4 rings (SSSR count). The summed E-state index contributed by atoms with van der Waals surface area (Å²) in [6.07, 6.45) is 1.77. The van der Waals surface area contributed by atoms with Crippen LogP contribution in [0.2, 0.25) is 0 Å². The molecule has 1 heterocycles. The van der Waals surface area contributed by atoms with E-state index in [0.717, 1.165) is 28.5 Å². The lowest BCUT2D eigenvalue weighted by Gasteiger charge is -2.04. The van der Waals surface area contributed by atoms with E-state index >= 15 is 0 Å². The molecule has 0 saturated carbocycles. The van der Waals surface area contributed by atoms with E-state index in [2.05, 4.69) is 16.8 Å². The summed E-state index contributed by atoms with van der Waals surface area (Å²) in [6.45, 7) is 0.510. The number of methoxy groups -OCH3 is 1. The molecule has 0 N–H and O–H groups in total. The smallest absolute Gasteiger partial charge is 0.195 e. The van der Waals surface area contributed by atoms with Gasteiger partial charge in [-0.15, -0.1) is 0 Å². The average Bonchev–Trinajstić information content (AvgIpc) is 2.77. The van der Waals surface area contributed by atoms with Crippen LogP contribution in [0.5, 0.6) is 0 Å². The minimum Gasteiger partial charge on any atom is -0.380 e. The summed E-state index contributed by atoms with van der Waals surface area (Å²) in [6, 6.07) is 17.0. The van der Waals surface area contributed by atoms with Crippen LogP contribution >= 0.6 is 0 Å². The van der Waals surface area contributed by atoms with Crippen LogP contribution in [0, 0.1) is 29.3 Å². The molecule has 0 fully saturated rings. The van der Waals surface area contributed by atoms with Gasteiger partial charge in [0, 0.05) is 40.8 Å². The number of fused-ring (bicyclic) bond motifs is 1. The van der Waals surface area contributed by atoms with E-state index in [1.807, 2.05) is 36.4 Å². The Kier molecular flexibility index (Phi) is 5.51. The second-order valence-electron chi connectivity index (χ2n) is 6.70. The molecule has 0 aliphatic carbocycles. The van der Waals surface area contributed by atoms with E-state index in [1.165, 1.54) is 6.07 Å². The van der Waals surface area contributed by atoms with Gasteiger partial charge in [-0.1, -0.05) is 42.2 Å². The van der Waals surface area contributed by atoms with E-state index < -0.39 is 17.5 Å². The fourth-order valence-electron chi connectivity index (χ4n) is 3.15. The number of hydrogen-bond acceptors (Lipinski definition) is 2. The lowest BCUT2D eigenvalue weighted by atomic mass is 10.0. The molecule has 0 unspecified atom stereocenters. The van der Waals surface area contributed by atoms with E-state index in [1.54, 1.807) is 25.4 Å². The number of aromatic nitrogens is 1. The van der Waals surface area contributed by atoms with E-state index in [9.17, 15) is 13.2 Å². The molecule has 148 valence electrons. The van der Waals surface area contributed by atoms with E-state index in [-0.39, 0.29) is 10.8 Å². The summed E-state index contributed by atoms with van der Waals surface area (Å²) in [5.41, 5.74) is 3.91. The molecule has 30 heavy (non-hydrogen) atoms. The Labute approximate surface area is 172 Å². The normalized spacial score (nSPS) is 10.7. The molecule has 3 aromatic carbocycles. The maximum atomic E-state index is 14.0. The quantitative estimate of drug-likeness (QED) is 0.316. The van der Waals surface area contributed by atoms with Crippen molar-refractivity contribution >= 4 is 10.8 Å². The molecular formula is C25H16F3NO. The van der Waals surface area contributed by atoms with Gasteiger partial charge in [-0.25, -0.2) is 13.2 Å². The van der Waals surface area contributed by atoms with Gasteiger partial charge < -0.3 is 4.74 Å². The van der Waals surface area contributed by atoms with E-state index in [4.69, 9.17) is 4.74 Å². The summed E-state index contributed by atoms with van der Waals surface area (Å²) in [7, 11) is 1.64. The fraction of sp³-hybridized carbons (Fsp3) is 0.0800. The van der Waals surface area contributed by atoms with Crippen molar-refractivity contribution in [2.75, 3.05) is 7.11 Å². The minimum absolute atomic E-state index is 0.000887. The second kappa shape index (κ2) is 8.40. The van der Waals surface area contributed by atoms with Crippen LogP contribution in [0.3, 0.4) is 0 Å². The summed E-state index contributed by atoms with van der Waals surface area (Å²) in [4.78, 5) is 4.43. The van der Waals surface area contributed by atoms with Crippen LogP contribution in [0.25, 0.3) is 22.0 Å². The molecule has 1 aromatic heterocycles. The first kappa shape index (κ1) is 19.7. The Morgan fingerprint density at radius 3 is 2.37 bits per heavy atom. The zero-order chi connectivity index (χ0) is 21.1. The van der Waals surface area contributed by atoms with Crippen molar-refractivity contribution < 1.29 is 17.9 Å². The summed E-state index contributed by atoms with van der Waals surface area (Å²) in [5.74, 6) is 1.99. The Bertz CT molecular complexity index is 1270.